The molecule has 0 aromatic carbocycles. The fraction of sp³-hybridized carbons (Fsp3) is 0.333. The van der Waals surface area contributed by atoms with Crippen molar-refractivity contribution in [3.05, 3.63) is 28.9 Å². The summed E-state index contributed by atoms with van der Waals surface area (Å²) in [6, 6.07) is -0.341. The lowest BCUT2D eigenvalue weighted by Crippen LogP contribution is -2.24. The highest BCUT2D eigenvalue weighted by molar-refractivity contribution is 9.10. The zero-order chi connectivity index (χ0) is 11.0. The third kappa shape index (κ3) is 2.01. The van der Waals surface area contributed by atoms with Crippen LogP contribution in [0.25, 0.3) is 5.65 Å². The molecule has 80 valence electrons. The molecule has 0 spiro atoms. The second-order valence-electron chi connectivity index (χ2n) is 3.45. The van der Waals surface area contributed by atoms with Gasteiger partial charge in [0.1, 0.15) is 10.7 Å². The predicted molar refractivity (Wildman–Crippen MR) is 59.3 cm³/mol. The largest absolute Gasteiger partial charge is 0.385 e. The van der Waals surface area contributed by atoms with E-state index in [4.69, 9.17) is 5.73 Å². The molecule has 0 bridgehead atoms. The Balaban J connectivity index is 2.47. The van der Waals surface area contributed by atoms with Crippen molar-refractivity contribution in [1.82, 2.24) is 14.4 Å². The van der Waals surface area contributed by atoms with Crippen LogP contribution in [0.4, 0.5) is 0 Å². The molecule has 2 atom stereocenters. The molecule has 0 saturated heterocycles. The molecule has 0 aliphatic carbocycles. The standard InChI is InChI=1S/C9H11BrN4O/c1-5(11)9(15)6-3-14-4-7(10)12-2-8(14)13-6/h2-5,9,15H,11H2,1H3. The highest BCUT2D eigenvalue weighted by Crippen LogP contribution is 2.16. The lowest BCUT2D eigenvalue weighted by molar-refractivity contribution is 0.149. The molecule has 0 fully saturated rings. The van der Waals surface area contributed by atoms with Crippen LogP contribution in [-0.2, 0) is 0 Å². The van der Waals surface area contributed by atoms with Gasteiger partial charge in [0.2, 0.25) is 0 Å². The minimum Gasteiger partial charge on any atom is -0.385 e. The van der Waals surface area contributed by atoms with Crippen molar-refractivity contribution in [1.29, 1.82) is 0 Å². The van der Waals surface area contributed by atoms with E-state index in [1.54, 1.807) is 29.9 Å². The molecule has 2 aromatic rings. The quantitative estimate of drug-likeness (QED) is 0.849. The van der Waals surface area contributed by atoms with Gasteiger partial charge in [-0.05, 0) is 22.9 Å². The van der Waals surface area contributed by atoms with Crippen LogP contribution in [0, 0.1) is 0 Å². The topological polar surface area (TPSA) is 76.4 Å². The third-order valence-electron chi connectivity index (χ3n) is 2.13. The fourth-order valence-electron chi connectivity index (χ4n) is 1.31. The normalized spacial score (nSPS) is 15.5. The number of imidazole rings is 1. The van der Waals surface area contributed by atoms with Gasteiger partial charge in [0.25, 0.3) is 0 Å². The number of aromatic nitrogens is 3. The average molecular weight is 271 g/mol. The second kappa shape index (κ2) is 3.88. The summed E-state index contributed by atoms with van der Waals surface area (Å²) in [6.07, 6.45) is 4.40. The van der Waals surface area contributed by atoms with Gasteiger partial charge in [0, 0.05) is 18.4 Å². The Morgan fingerprint density at radius 2 is 2.27 bits per heavy atom. The number of hydrogen-bond donors (Lipinski definition) is 2. The maximum Gasteiger partial charge on any atom is 0.155 e. The van der Waals surface area contributed by atoms with Gasteiger partial charge in [-0.3, -0.25) is 0 Å². The molecule has 0 saturated carbocycles. The van der Waals surface area contributed by atoms with Crippen LogP contribution in [-0.4, -0.2) is 25.5 Å². The van der Waals surface area contributed by atoms with E-state index in [0.717, 1.165) is 0 Å². The van der Waals surface area contributed by atoms with Gasteiger partial charge in [-0.1, -0.05) is 0 Å². The van der Waals surface area contributed by atoms with E-state index < -0.39 is 6.10 Å². The maximum atomic E-state index is 9.74. The Morgan fingerprint density at radius 1 is 1.53 bits per heavy atom. The van der Waals surface area contributed by atoms with Crippen molar-refractivity contribution in [2.45, 2.75) is 19.1 Å². The monoisotopic (exact) mass is 270 g/mol. The molecular formula is C9H11BrN4O. The van der Waals surface area contributed by atoms with Crippen LogP contribution >= 0.6 is 15.9 Å². The summed E-state index contributed by atoms with van der Waals surface area (Å²) in [4.78, 5) is 8.27. The molecule has 2 aromatic heterocycles. The fourth-order valence-corrected chi connectivity index (χ4v) is 1.63. The van der Waals surface area contributed by atoms with Gasteiger partial charge >= 0.3 is 0 Å². The summed E-state index contributed by atoms with van der Waals surface area (Å²) >= 11 is 3.26. The van der Waals surface area contributed by atoms with Gasteiger partial charge in [-0.2, -0.15) is 0 Å². The van der Waals surface area contributed by atoms with Gasteiger partial charge in [-0.25, -0.2) is 9.97 Å². The first-order valence-electron chi connectivity index (χ1n) is 4.51. The van der Waals surface area contributed by atoms with Crippen LogP contribution in [0.1, 0.15) is 18.7 Å². The Labute approximate surface area is 95.1 Å². The summed E-state index contributed by atoms with van der Waals surface area (Å²) in [5.74, 6) is 0. The predicted octanol–water partition coefficient (Wildman–Crippen LogP) is 0.872. The first-order valence-corrected chi connectivity index (χ1v) is 5.31. The summed E-state index contributed by atoms with van der Waals surface area (Å²) in [5.41, 5.74) is 6.84. The highest BCUT2D eigenvalue weighted by atomic mass is 79.9. The van der Waals surface area contributed by atoms with E-state index in [-0.39, 0.29) is 6.04 Å². The first kappa shape index (κ1) is 10.5. The van der Waals surface area contributed by atoms with Crippen LogP contribution in [0.5, 0.6) is 0 Å². The molecule has 2 rings (SSSR count). The van der Waals surface area contributed by atoms with Crippen molar-refractivity contribution in [2.24, 2.45) is 5.73 Å². The van der Waals surface area contributed by atoms with Crippen LogP contribution < -0.4 is 5.73 Å². The van der Waals surface area contributed by atoms with Crippen molar-refractivity contribution >= 4 is 21.6 Å². The van der Waals surface area contributed by atoms with Crippen molar-refractivity contribution in [3.63, 3.8) is 0 Å². The second-order valence-corrected chi connectivity index (χ2v) is 4.26. The minimum absolute atomic E-state index is 0.341. The maximum absolute atomic E-state index is 9.74. The Kier molecular flexibility index (Phi) is 2.72. The van der Waals surface area contributed by atoms with Crippen molar-refractivity contribution < 1.29 is 5.11 Å². The minimum atomic E-state index is -0.747. The van der Waals surface area contributed by atoms with E-state index in [2.05, 4.69) is 25.9 Å². The van der Waals surface area contributed by atoms with Crippen LogP contribution in [0.2, 0.25) is 0 Å². The summed E-state index contributed by atoms with van der Waals surface area (Å²) in [5, 5.41) is 9.74. The summed E-state index contributed by atoms with van der Waals surface area (Å²) in [6.45, 7) is 1.74. The SMILES string of the molecule is CC(N)C(O)c1cn2cc(Br)ncc2n1. The molecule has 0 amide bonds. The smallest absolute Gasteiger partial charge is 0.155 e. The zero-order valence-electron chi connectivity index (χ0n) is 8.13. The zero-order valence-corrected chi connectivity index (χ0v) is 9.72. The van der Waals surface area contributed by atoms with Crippen molar-refractivity contribution in [2.75, 3.05) is 0 Å². The molecule has 2 heterocycles. The van der Waals surface area contributed by atoms with Crippen molar-refractivity contribution in [3.8, 4) is 0 Å². The molecule has 0 aliphatic heterocycles. The number of aliphatic hydroxyl groups excluding tert-OH is 1. The molecule has 3 N–H and O–H groups in total. The molecule has 5 nitrogen and oxygen atoms in total. The van der Waals surface area contributed by atoms with E-state index in [9.17, 15) is 5.11 Å². The average Bonchev–Trinajstić information content (AvgIpc) is 2.58. The molecular weight excluding hydrogens is 260 g/mol. The first-order chi connectivity index (χ1) is 7.08. The van der Waals surface area contributed by atoms with Gasteiger partial charge in [0.05, 0.1) is 11.9 Å². The lowest BCUT2D eigenvalue weighted by atomic mass is 10.1. The lowest BCUT2D eigenvalue weighted by Gasteiger charge is -2.10. The number of rotatable bonds is 2. The number of fused-ring (bicyclic) bond motifs is 1. The Morgan fingerprint density at radius 3 is 2.93 bits per heavy atom. The van der Waals surface area contributed by atoms with Crippen LogP contribution in [0.15, 0.2) is 23.2 Å². The van der Waals surface area contributed by atoms with Gasteiger partial charge in [0.15, 0.2) is 5.65 Å². The molecule has 0 aliphatic rings. The third-order valence-corrected chi connectivity index (χ3v) is 2.54. The summed E-state index contributed by atoms with van der Waals surface area (Å²) in [7, 11) is 0. The Bertz CT molecular complexity index is 482. The van der Waals surface area contributed by atoms with E-state index in [1.807, 2.05) is 0 Å². The number of aliphatic hydroxyl groups is 1. The number of nitrogens with zero attached hydrogens (tertiary/aromatic N) is 3. The highest BCUT2D eigenvalue weighted by Gasteiger charge is 2.15. The Hall–Kier alpha value is -0.980. The molecule has 0 radical (unpaired) electrons. The van der Waals surface area contributed by atoms with Crippen LogP contribution in [0.3, 0.4) is 0 Å². The number of hydrogen-bond acceptors (Lipinski definition) is 4. The van der Waals surface area contributed by atoms with Gasteiger partial charge < -0.3 is 15.2 Å². The van der Waals surface area contributed by atoms with E-state index >= 15 is 0 Å². The number of nitrogens with two attached hydrogens (primary N) is 1. The number of halogens is 1. The van der Waals surface area contributed by atoms with E-state index in [0.29, 0.717) is 15.9 Å². The van der Waals surface area contributed by atoms with E-state index in [1.165, 1.54) is 0 Å². The molecule has 15 heavy (non-hydrogen) atoms. The molecule has 6 heteroatoms. The van der Waals surface area contributed by atoms with Gasteiger partial charge in [-0.15, -0.1) is 0 Å². The summed E-state index contributed by atoms with van der Waals surface area (Å²) < 4.78 is 2.51. The molecule has 2 unspecified atom stereocenters.